The first-order valence-corrected chi connectivity index (χ1v) is 8.03. The number of rotatable bonds is 7. The molecule has 0 radical (unpaired) electrons. The fraction of sp³-hybridized carbons (Fsp3) is 0.625. The number of hydrogen-bond acceptors (Lipinski definition) is 5. The topological polar surface area (TPSA) is 56.2 Å². The second kappa shape index (κ2) is 8.82. The molecule has 2 unspecified atom stereocenters. The molecular formula is C16H25ClN2O3. The lowest BCUT2D eigenvalue weighted by molar-refractivity contribution is 0.00566. The highest BCUT2D eigenvalue weighted by Gasteiger charge is 2.18. The molecular weight excluding hydrogens is 304 g/mol. The van der Waals surface area contributed by atoms with Crippen molar-refractivity contribution in [1.82, 2.24) is 9.80 Å². The molecule has 1 fully saturated rings. The van der Waals surface area contributed by atoms with Gasteiger partial charge in [-0.15, -0.1) is 0 Å². The Balaban J connectivity index is 1.76. The summed E-state index contributed by atoms with van der Waals surface area (Å²) in [6, 6.07) is 7.30. The molecule has 2 rings (SSSR count). The van der Waals surface area contributed by atoms with Crippen molar-refractivity contribution in [3.8, 4) is 0 Å². The predicted octanol–water partition coefficient (Wildman–Crippen LogP) is 0.998. The Labute approximate surface area is 137 Å². The first-order valence-electron chi connectivity index (χ1n) is 7.65. The monoisotopic (exact) mass is 328 g/mol. The van der Waals surface area contributed by atoms with Gasteiger partial charge in [0.25, 0.3) is 0 Å². The van der Waals surface area contributed by atoms with E-state index < -0.39 is 12.2 Å². The smallest absolute Gasteiger partial charge is 0.0931 e. The van der Waals surface area contributed by atoms with E-state index in [2.05, 4.69) is 4.90 Å². The summed E-state index contributed by atoms with van der Waals surface area (Å²) >= 11 is 6.09. The predicted molar refractivity (Wildman–Crippen MR) is 87.2 cm³/mol. The van der Waals surface area contributed by atoms with Gasteiger partial charge in [0.05, 0.1) is 25.4 Å². The number of hydrogen-bond donors (Lipinski definition) is 2. The first kappa shape index (κ1) is 17.7. The molecule has 0 aromatic heterocycles. The lowest BCUT2D eigenvalue weighted by atomic mass is 10.1. The number of morpholine rings is 1. The van der Waals surface area contributed by atoms with E-state index in [0.717, 1.165) is 31.9 Å². The van der Waals surface area contributed by atoms with Gasteiger partial charge < -0.3 is 19.8 Å². The molecule has 124 valence electrons. The van der Waals surface area contributed by atoms with E-state index in [1.807, 2.05) is 30.1 Å². The van der Waals surface area contributed by atoms with Crippen molar-refractivity contribution >= 4 is 11.6 Å². The van der Waals surface area contributed by atoms with Gasteiger partial charge in [0, 0.05) is 43.3 Å². The van der Waals surface area contributed by atoms with Crippen LogP contribution in [0.25, 0.3) is 0 Å². The van der Waals surface area contributed by atoms with Crippen molar-refractivity contribution in [2.24, 2.45) is 0 Å². The zero-order valence-corrected chi connectivity index (χ0v) is 13.7. The van der Waals surface area contributed by atoms with Crippen molar-refractivity contribution in [3.05, 3.63) is 34.9 Å². The Morgan fingerprint density at radius 2 is 1.91 bits per heavy atom. The number of likely N-dealkylation sites (N-methyl/N-ethyl adjacent to an activating group) is 1. The minimum atomic E-state index is -0.658. The summed E-state index contributed by atoms with van der Waals surface area (Å²) in [5, 5.41) is 21.0. The van der Waals surface area contributed by atoms with Crippen LogP contribution in [-0.2, 0) is 4.74 Å². The van der Waals surface area contributed by atoms with Crippen LogP contribution in [0.5, 0.6) is 0 Å². The van der Waals surface area contributed by atoms with Crippen LogP contribution in [0.2, 0.25) is 5.02 Å². The highest BCUT2D eigenvalue weighted by Crippen LogP contribution is 2.22. The Kier molecular flexibility index (Phi) is 7.08. The first-order chi connectivity index (χ1) is 10.6. The second-order valence-electron chi connectivity index (χ2n) is 5.83. The van der Waals surface area contributed by atoms with E-state index in [4.69, 9.17) is 16.3 Å². The van der Waals surface area contributed by atoms with Crippen LogP contribution in [0.3, 0.4) is 0 Å². The normalized spacial score (nSPS) is 19.3. The minimum absolute atomic E-state index is 0.434. The molecule has 1 aromatic rings. The zero-order chi connectivity index (χ0) is 15.9. The van der Waals surface area contributed by atoms with Crippen LogP contribution in [0, 0.1) is 0 Å². The van der Waals surface area contributed by atoms with Crippen molar-refractivity contribution < 1.29 is 14.9 Å². The van der Waals surface area contributed by atoms with Crippen LogP contribution >= 0.6 is 11.6 Å². The SMILES string of the molecule is CN(CC(O)CN1CCOCC1)CC(O)c1ccccc1Cl. The maximum absolute atomic E-state index is 10.3. The summed E-state index contributed by atoms with van der Waals surface area (Å²) in [6.07, 6.45) is -1.10. The fourth-order valence-corrected chi connectivity index (χ4v) is 2.97. The zero-order valence-electron chi connectivity index (χ0n) is 13.0. The third kappa shape index (κ3) is 5.50. The molecule has 6 heteroatoms. The summed E-state index contributed by atoms with van der Waals surface area (Å²) in [5.74, 6) is 0. The highest BCUT2D eigenvalue weighted by atomic mass is 35.5. The van der Waals surface area contributed by atoms with Crippen molar-refractivity contribution in [3.63, 3.8) is 0 Å². The van der Waals surface area contributed by atoms with Gasteiger partial charge in [-0.25, -0.2) is 0 Å². The third-order valence-electron chi connectivity index (χ3n) is 3.84. The molecule has 0 amide bonds. The fourth-order valence-electron chi connectivity index (χ4n) is 2.71. The van der Waals surface area contributed by atoms with Gasteiger partial charge in [-0.2, -0.15) is 0 Å². The van der Waals surface area contributed by atoms with E-state index >= 15 is 0 Å². The Hall–Kier alpha value is -0.690. The Bertz CT molecular complexity index is 455. The number of nitrogens with zero attached hydrogens (tertiary/aromatic N) is 2. The van der Waals surface area contributed by atoms with E-state index in [0.29, 0.717) is 24.7 Å². The summed E-state index contributed by atoms with van der Waals surface area (Å²) in [4.78, 5) is 4.13. The molecule has 1 aromatic carbocycles. The summed E-state index contributed by atoms with van der Waals surface area (Å²) in [7, 11) is 1.89. The summed E-state index contributed by atoms with van der Waals surface area (Å²) < 4.78 is 5.30. The Morgan fingerprint density at radius 3 is 2.59 bits per heavy atom. The van der Waals surface area contributed by atoms with Gasteiger partial charge in [0.15, 0.2) is 0 Å². The molecule has 1 aliphatic rings. The van der Waals surface area contributed by atoms with Gasteiger partial charge in [-0.1, -0.05) is 29.8 Å². The molecule has 2 atom stereocenters. The van der Waals surface area contributed by atoms with Gasteiger partial charge in [-0.3, -0.25) is 4.90 Å². The molecule has 5 nitrogen and oxygen atoms in total. The molecule has 1 saturated heterocycles. The summed E-state index contributed by atoms with van der Waals surface area (Å²) in [6.45, 7) is 4.77. The molecule has 2 N–H and O–H groups in total. The summed E-state index contributed by atoms with van der Waals surface area (Å²) in [5.41, 5.74) is 0.721. The average molecular weight is 329 g/mol. The maximum atomic E-state index is 10.3. The van der Waals surface area contributed by atoms with Crippen molar-refractivity contribution in [2.75, 3.05) is 53.0 Å². The number of aliphatic hydroxyl groups excluding tert-OH is 2. The van der Waals surface area contributed by atoms with Gasteiger partial charge in [0.2, 0.25) is 0 Å². The largest absolute Gasteiger partial charge is 0.390 e. The number of halogens is 1. The standard InChI is InChI=1S/C16H25ClN2O3/c1-18(10-13(20)11-19-6-8-22-9-7-19)12-16(21)14-4-2-3-5-15(14)17/h2-5,13,16,20-21H,6-12H2,1H3. The van der Waals surface area contributed by atoms with Crippen LogP contribution in [0.1, 0.15) is 11.7 Å². The highest BCUT2D eigenvalue weighted by molar-refractivity contribution is 6.31. The quantitative estimate of drug-likeness (QED) is 0.782. The number of aliphatic hydroxyl groups is 2. The Morgan fingerprint density at radius 1 is 1.23 bits per heavy atom. The maximum Gasteiger partial charge on any atom is 0.0931 e. The lowest BCUT2D eigenvalue weighted by Crippen LogP contribution is -2.44. The minimum Gasteiger partial charge on any atom is -0.390 e. The van der Waals surface area contributed by atoms with Crippen LogP contribution in [0.4, 0.5) is 0 Å². The van der Waals surface area contributed by atoms with E-state index in [1.165, 1.54) is 0 Å². The third-order valence-corrected chi connectivity index (χ3v) is 4.19. The number of ether oxygens (including phenoxy) is 1. The van der Waals surface area contributed by atoms with Gasteiger partial charge >= 0.3 is 0 Å². The molecule has 1 aliphatic heterocycles. The lowest BCUT2D eigenvalue weighted by Gasteiger charge is -2.30. The second-order valence-corrected chi connectivity index (χ2v) is 6.23. The van der Waals surface area contributed by atoms with Crippen molar-refractivity contribution in [2.45, 2.75) is 12.2 Å². The molecule has 0 aliphatic carbocycles. The van der Waals surface area contributed by atoms with Gasteiger partial charge in [0.1, 0.15) is 0 Å². The van der Waals surface area contributed by atoms with Crippen LogP contribution < -0.4 is 0 Å². The molecule has 0 saturated carbocycles. The number of β-amino-alcohol motifs (C(OH)–C–C–N with tert-alkyl or cyclic N) is 1. The number of benzene rings is 1. The van der Waals surface area contributed by atoms with Crippen molar-refractivity contribution in [1.29, 1.82) is 0 Å². The van der Waals surface area contributed by atoms with E-state index in [9.17, 15) is 10.2 Å². The average Bonchev–Trinajstić information content (AvgIpc) is 2.48. The molecule has 22 heavy (non-hydrogen) atoms. The molecule has 0 bridgehead atoms. The molecule has 1 heterocycles. The van der Waals surface area contributed by atoms with E-state index in [-0.39, 0.29) is 0 Å². The van der Waals surface area contributed by atoms with E-state index in [1.54, 1.807) is 6.07 Å². The van der Waals surface area contributed by atoms with Crippen LogP contribution in [0.15, 0.2) is 24.3 Å². The van der Waals surface area contributed by atoms with Crippen LogP contribution in [-0.4, -0.2) is 79.1 Å². The van der Waals surface area contributed by atoms with Gasteiger partial charge in [-0.05, 0) is 13.1 Å². The molecule has 0 spiro atoms.